The van der Waals surface area contributed by atoms with Crippen LogP contribution in [0.4, 0.5) is 0 Å². The number of rotatable bonds is 0. The highest BCUT2D eigenvalue weighted by atomic mass is 35.5. The lowest BCUT2D eigenvalue weighted by atomic mass is 10.1. The molecule has 0 aromatic heterocycles. The molecule has 0 aliphatic carbocycles. The SMILES string of the molecule is Clc1ccc2c(c1)C=NC2. The topological polar surface area (TPSA) is 12.4 Å². The standard InChI is InChI=1S/C8H6ClN/c9-8-2-1-6-4-10-5-7(6)3-8/h1-3,5H,4H2. The molecule has 1 aliphatic heterocycles. The van der Waals surface area contributed by atoms with Crippen LogP contribution >= 0.6 is 11.6 Å². The first-order valence-electron chi connectivity index (χ1n) is 3.14. The van der Waals surface area contributed by atoms with Crippen LogP contribution < -0.4 is 0 Å². The van der Waals surface area contributed by atoms with Crippen molar-refractivity contribution in [1.29, 1.82) is 0 Å². The maximum absolute atomic E-state index is 5.76. The lowest BCUT2D eigenvalue weighted by Crippen LogP contribution is -1.81. The Balaban J connectivity index is 2.60. The molecule has 2 rings (SSSR count). The summed E-state index contributed by atoms with van der Waals surface area (Å²) >= 11 is 5.76. The minimum absolute atomic E-state index is 0.784. The predicted molar refractivity (Wildman–Crippen MR) is 42.8 cm³/mol. The van der Waals surface area contributed by atoms with Crippen LogP contribution in [0, 0.1) is 0 Å². The zero-order valence-electron chi connectivity index (χ0n) is 5.34. The van der Waals surface area contributed by atoms with E-state index >= 15 is 0 Å². The van der Waals surface area contributed by atoms with Gasteiger partial charge in [-0.15, -0.1) is 0 Å². The number of nitrogens with zero attached hydrogens (tertiary/aromatic N) is 1. The Kier molecular flexibility index (Phi) is 1.24. The van der Waals surface area contributed by atoms with Crippen LogP contribution in [-0.4, -0.2) is 6.21 Å². The molecule has 0 atom stereocenters. The number of halogens is 1. The maximum Gasteiger partial charge on any atom is 0.0646 e. The normalized spacial score (nSPS) is 13.7. The maximum atomic E-state index is 5.76. The third-order valence-corrected chi connectivity index (χ3v) is 1.84. The van der Waals surface area contributed by atoms with Gasteiger partial charge in [-0.25, -0.2) is 0 Å². The third kappa shape index (κ3) is 0.830. The second-order valence-corrected chi connectivity index (χ2v) is 2.75. The molecule has 1 aliphatic rings. The molecular weight excluding hydrogens is 146 g/mol. The van der Waals surface area contributed by atoms with Crippen LogP contribution in [0.5, 0.6) is 0 Å². The fraction of sp³-hybridized carbons (Fsp3) is 0.125. The third-order valence-electron chi connectivity index (χ3n) is 1.60. The molecule has 2 heteroatoms. The first kappa shape index (κ1) is 5.93. The van der Waals surface area contributed by atoms with Gasteiger partial charge in [0, 0.05) is 11.2 Å². The fourth-order valence-corrected chi connectivity index (χ4v) is 1.25. The minimum Gasteiger partial charge on any atom is -0.288 e. The van der Waals surface area contributed by atoms with Gasteiger partial charge in [0.1, 0.15) is 0 Å². The molecule has 0 fully saturated rings. The van der Waals surface area contributed by atoms with Gasteiger partial charge >= 0.3 is 0 Å². The molecular formula is C8H6ClN. The van der Waals surface area contributed by atoms with Crippen LogP contribution in [0.15, 0.2) is 23.2 Å². The van der Waals surface area contributed by atoms with Crippen molar-refractivity contribution >= 4 is 17.8 Å². The van der Waals surface area contributed by atoms with Crippen LogP contribution in [-0.2, 0) is 6.54 Å². The summed E-state index contributed by atoms with van der Waals surface area (Å²) in [6.45, 7) is 0.812. The minimum atomic E-state index is 0.784. The van der Waals surface area contributed by atoms with Gasteiger partial charge in [-0.3, -0.25) is 4.99 Å². The van der Waals surface area contributed by atoms with Crippen molar-refractivity contribution in [3.8, 4) is 0 Å². The Hall–Kier alpha value is -0.820. The Labute approximate surface area is 64.4 Å². The van der Waals surface area contributed by atoms with Crippen molar-refractivity contribution in [2.24, 2.45) is 4.99 Å². The van der Waals surface area contributed by atoms with E-state index in [1.807, 2.05) is 24.4 Å². The van der Waals surface area contributed by atoms with Gasteiger partial charge in [-0.2, -0.15) is 0 Å². The average Bonchev–Trinajstić information content (AvgIpc) is 2.33. The van der Waals surface area contributed by atoms with Crippen molar-refractivity contribution in [2.45, 2.75) is 6.54 Å². The summed E-state index contributed by atoms with van der Waals surface area (Å²) in [7, 11) is 0. The van der Waals surface area contributed by atoms with Crippen LogP contribution in [0.1, 0.15) is 11.1 Å². The molecule has 10 heavy (non-hydrogen) atoms. The van der Waals surface area contributed by atoms with Crippen LogP contribution in [0.2, 0.25) is 5.02 Å². The Morgan fingerprint density at radius 3 is 3.20 bits per heavy atom. The molecule has 1 aromatic carbocycles. The summed E-state index contributed by atoms with van der Waals surface area (Å²) in [5.74, 6) is 0. The van der Waals surface area contributed by atoms with Crippen molar-refractivity contribution in [3.63, 3.8) is 0 Å². The van der Waals surface area contributed by atoms with E-state index in [-0.39, 0.29) is 0 Å². The number of hydrogen-bond acceptors (Lipinski definition) is 1. The zero-order chi connectivity index (χ0) is 6.97. The molecule has 50 valence electrons. The molecule has 0 spiro atoms. The van der Waals surface area contributed by atoms with Gasteiger partial charge in [-0.1, -0.05) is 17.7 Å². The lowest BCUT2D eigenvalue weighted by molar-refractivity contribution is 1.11. The lowest BCUT2D eigenvalue weighted by Gasteiger charge is -1.94. The largest absolute Gasteiger partial charge is 0.288 e. The molecule has 0 bridgehead atoms. The monoisotopic (exact) mass is 151 g/mol. The average molecular weight is 152 g/mol. The number of hydrogen-bond donors (Lipinski definition) is 0. The second-order valence-electron chi connectivity index (χ2n) is 2.31. The summed E-state index contributed by atoms with van der Waals surface area (Å²) in [4.78, 5) is 4.11. The Morgan fingerprint density at radius 2 is 2.30 bits per heavy atom. The second kappa shape index (κ2) is 2.10. The highest BCUT2D eigenvalue weighted by Gasteiger charge is 2.04. The van der Waals surface area contributed by atoms with Crippen molar-refractivity contribution in [2.75, 3.05) is 0 Å². The summed E-state index contributed by atoms with van der Waals surface area (Å²) in [5, 5.41) is 0.784. The first-order chi connectivity index (χ1) is 4.86. The number of fused-ring (bicyclic) bond motifs is 1. The van der Waals surface area contributed by atoms with Gasteiger partial charge in [0.2, 0.25) is 0 Å². The summed E-state index contributed by atoms with van der Waals surface area (Å²) in [5.41, 5.74) is 2.43. The van der Waals surface area contributed by atoms with Crippen molar-refractivity contribution < 1.29 is 0 Å². The Morgan fingerprint density at radius 1 is 1.40 bits per heavy atom. The van der Waals surface area contributed by atoms with Crippen LogP contribution in [0.3, 0.4) is 0 Å². The van der Waals surface area contributed by atoms with Gasteiger partial charge in [0.05, 0.1) is 6.54 Å². The molecule has 1 aromatic rings. The van der Waals surface area contributed by atoms with Gasteiger partial charge in [0.15, 0.2) is 0 Å². The van der Waals surface area contributed by atoms with E-state index in [0.29, 0.717) is 0 Å². The van der Waals surface area contributed by atoms with E-state index in [2.05, 4.69) is 4.99 Å². The first-order valence-corrected chi connectivity index (χ1v) is 3.52. The molecule has 0 unspecified atom stereocenters. The summed E-state index contributed by atoms with van der Waals surface area (Å²) in [6, 6.07) is 5.85. The number of aliphatic imine (C=N–C) groups is 1. The Bertz CT molecular complexity index is 291. The molecule has 1 nitrogen and oxygen atoms in total. The zero-order valence-corrected chi connectivity index (χ0v) is 6.10. The van der Waals surface area contributed by atoms with E-state index in [1.165, 1.54) is 5.56 Å². The molecule has 0 radical (unpaired) electrons. The van der Waals surface area contributed by atoms with E-state index in [1.54, 1.807) is 0 Å². The molecule has 0 amide bonds. The highest BCUT2D eigenvalue weighted by molar-refractivity contribution is 6.30. The van der Waals surface area contributed by atoms with Gasteiger partial charge in [0.25, 0.3) is 0 Å². The number of benzene rings is 1. The molecule has 1 heterocycles. The van der Waals surface area contributed by atoms with E-state index in [9.17, 15) is 0 Å². The summed E-state index contributed by atoms with van der Waals surface area (Å²) in [6.07, 6.45) is 1.86. The molecule has 0 N–H and O–H groups in total. The van der Waals surface area contributed by atoms with Crippen LogP contribution in [0.25, 0.3) is 0 Å². The molecule has 0 saturated carbocycles. The van der Waals surface area contributed by atoms with E-state index in [0.717, 1.165) is 17.1 Å². The quantitative estimate of drug-likeness (QED) is 0.540. The summed E-state index contributed by atoms with van der Waals surface area (Å²) < 4.78 is 0. The highest BCUT2D eigenvalue weighted by Crippen LogP contribution is 2.18. The smallest absolute Gasteiger partial charge is 0.0646 e. The van der Waals surface area contributed by atoms with E-state index < -0.39 is 0 Å². The van der Waals surface area contributed by atoms with Crippen molar-refractivity contribution in [1.82, 2.24) is 0 Å². The molecule has 0 saturated heterocycles. The predicted octanol–water partition coefficient (Wildman–Crippen LogP) is 2.27. The van der Waals surface area contributed by atoms with Gasteiger partial charge in [-0.05, 0) is 23.3 Å². The van der Waals surface area contributed by atoms with E-state index in [4.69, 9.17) is 11.6 Å². The fourth-order valence-electron chi connectivity index (χ4n) is 1.07. The van der Waals surface area contributed by atoms with Gasteiger partial charge < -0.3 is 0 Å². The van der Waals surface area contributed by atoms with Crippen molar-refractivity contribution in [3.05, 3.63) is 34.3 Å².